The number of aryl methyl sites for hydroxylation is 2. The molecule has 2 aromatic heterocycles. The Hall–Kier alpha value is -2.01. The van der Waals surface area contributed by atoms with Crippen LogP contribution < -0.4 is 5.32 Å². The summed E-state index contributed by atoms with van der Waals surface area (Å²) in [5.41, 5.74) is 4.08. The second-order valence-electron chi connectivity index (χ2n) is 6.41. The van der Waals surface area contributed by atoms with E-state index >= 15 is 0 Å². The lowest BCUT2D eigenvalue weighted by Gasteiger charge is -2.30. The van der Waals surface area contributed by atoms with Crippen LogP contribution in [0.2, 0.25) is 0 Å². The van der Waals surface area contributed by atoms with E-state index in [4.69, 9.17) is 0 Å². The number of anilines is 1. The van der Waals surface area contributed by atoms with Gasteiger partial charge in [-0.15, -0.1) is 10.2 Å². The molecule has 1 unspecified atom stereocenters. The molecule has 1 aliphatic rings. The molecule has 0 bridgehead atoms. The van der Waals surface area contributed by atoms with Gasteiger partial charge in [-0.3, -0.25) is 4.98 Å². The number of nitrogens with zero attached hydrogens (tertiary/aromatic N) is 4. The minimum Gasteiger partial charge on any atom is -0.365 e. The fourth-order valence-corrected chi connectivity index (χ4v) is 3.08. The molecule has 0 aliphatic carbocycles. The van der Waals surface area contributed by atoms with Gasteiger partial charge < -0.3 is 10.2 Å². The molecule has 5 nitrogen and oxygen atoms in total. The molecule has 0 amide bonds. The largest absolute Gasteiger partial charge is 0.365 e. The standard InChI is InChI=1S/C18H25N5/c1-4-14-7-8-16(19-11-14)18-13(2)10-17(21-22-18)20-15-6-5-9-23(3)12-15/h7-8,10-11,15H,4-6,9,12H2,1-3H3,(H,20,21). The summed E-state index contributed by atoms with van der Waals surface area (Å²) >= 11 is 0. The Morgan fingerprint density at radius 3 is 2.83 bits per heavy atom. The monoisotopic (exact) mass is 311 g/mol. The van der Waals surface area contributed by atoms with Crippen LogP contribution in [0.4, 0.5) is 5.82 Å². The average molecular weight is 311 g/mol. The molecule has 0 saturated carbocycles. The molecule has 1 aliphatic heterocycles. The van der Waals surface area contributed by atoms with E-state index in [-0.39, 0.29) is 0 Å². The Bertz CT molecular complexity index is 653. The van der Waals surface area contributed by atoms with Gasteiger partial charge in [0.05, 0.1) is 5.69 Å². The number of hydrogen-bond acceptors (Lipinski definition) is 5. The molecule has 2 aromatic rings. The Balaban J connectivity index is 1.74. The molecule has 1 N–H and O–H groups in total. The molecular formula is C18H25N5. The van der Waals surface area contributed by atoms with Gasteiger partial charge in [0.15, 0.2) is 0 Å². The van der Waals surface area contributed by atoms with Crippen molar-refractivity contribution < 1.29 is 0 Å². The maximum atomic E-state index is 4.51. The molecule has 0 aromatic carbocycles. The number of likely N-dealkylation sites (N-methyl/N-ethyl adjacent to an activating group) is 1. The van der Waals surface area contributed by atoms with E-state index in [0.717, 1.165) is 35.7 Å². The highest BCUT2D eigenvalue weighted by Gasteiger charge is 2.18. The predicted octanol–water partition coefficient (Wildman–Crippen LogP) is 2.92. The van der Waals surface area contributed by atoms with Gasteiger partial charge in [0.2, 0.25) is 0 Å². The Morgan fingerprint density at radius 1 is 1.30 bits per heavy atom. The van der Waals surface area contributed by atoms with Crippen LogP contribution >= 0.6 is 0 Å². The third-order valence-electron chi connectivity index (χ3n) is 4.44. The van der Waals surface area contributed by atoms with Crippen molar-refractivity contribution >= 4 is 5.82 Å². The first kappa shape index (κ1) is 15.9. The molecule has 1 atom stereocenters. The molecule has 5 heteroatoms. The topological polar surface area (TPSA) is 53.9 Å². The number of aromatic nitrogens is 3. The van der Waals surface area contributed by atoms with E-state index in [1.807, 2.05) is 12.3 Å². The van der Waals surface area contributed by atoms with E-state index in [1.165, 1.54) is 24.9 Å². The molecule has 23 heavy (non-hydrogen) atoms. The van der Waals surface area contributed by atoms with Gasteiger partial charge in [0.1, 0.15) is 11.5 Å². The zero-order valence-corrected chi connectivity index (χ0v) is 14.2. The summed E-state index contributed by atoms with van der Waals surface area (Å²) in [4.78, 5) is 6.86. The van der Waals surface area contributed by atoms with Gasteiger partial charge in [-0.1, -0.05) is 13.0 Å². The van der Waals surface area contributed by atoms with Crippen molar-refractivity contribution in [2.45, 2.75) is 39.2 Å². The number of pyridine rings is 1. The minimum absolute atomic E-state index is 0.454. The highest BCUT2D eigenvalue weighted by molar-refractivity contribution is 5.60. The summed E-state index contributed by atoms with van der Waals surface area (Å²) in [6.07, 6.45) is 5.33. The van der Waals surface area contributed by atoms with E-state index in [9.17, 15) is 0 Å². The fraction of sp³-hybridized carbons (Fsp3) is 0.500. The van der Waals surface area contributed by atoms with Crippen LogP contribution in [0.5, 0.6) is 0 Å². The number of likely N-dealkylation sites (tertiary alicyclic amines) is 1. The van der Waals surface area contributed by atoms with Gasteiger partial charge in [-0.05, 0) is 63.0 Å². The third-order valence-corrected chi connectivity index (χ3v) is 4.44. The summed E-state index contributed by atoms with van der Waals surface area (Å²) in [6.45, 7) is 6.44. The Morgan fingerprint density at radius 2 is 2.17 bits per heavy atom. The summed E-state index contributed by atoms with van der Waals surface area (Å²) < 4.78 is 0. The number of rotatable bonds is 4. The SMILES string of the molecule is CCc1ccc(-c2nnc(NC3CCCN(C)C3)cc2C)nc1. The lowest BCUT2D eigenvalue weighted by Crippen LogP contribution is -2.39. The van der Waals surface area contributed by atoms with Crippen LogP contribution in [0.3, 0.4) is 0 Å². The maximum Gasteiger partial charge on any atom is 0.149 e. The normalized spacial score (nSPS) is 18.8. The van der Waals surface area contributed by atoms with Crippen molar-refractivity contribution in [1.29, 1.82) is 0 Å². The Kier molecular flexibility index (Phi) is 4.86. The van der Waals surface area contributed by atoms with Gasteiger partial charge >= 0.3 is 0 Å². The minimum atomic E-state index is 0.454. The van der Waals surface area contributed by atoms with E-state index in [0.29, 0.717) is 6.04 Å². The van der Waals surface area contributed by atoms with Crippen LogP contribution in [0.15, 0.2) is 24.4 Å². The first-order chi connectivity index (χ1) is 11.2. The van der Waals surface area contributed by atoms with Crippen molar-refractivity contribution in [3.05, 3.63) is 35.5 Å². The molecule has 1 fully saturated rings. The molecule has 0 spiro atoms. The highest BCUT2D eigenvalue weighted by atomic mass is 15.2. The lowest BCUT2D eigenvalue weighted by atomic mass is 10.1. The third kappa shape index (κ3) is 3.85. The van der Waals surface area contributed by atoms with Crippen molar-refractivity contribution in [3.63, 3.8) is 0 Å². The van der Waals surface area contributed by atoms with Gasteiger partial charge in [-0.2, -0.15) is 0 Å². The molecule has 3 rings (SSSR count). The highest BCUT2D eigenvalue weighted by Crippen LogP contribution is 2.21. The quantitative estimate of drug-likeness (QED) is 0.941. The van der Waals surface area contributed by atoms with Crippen LogP contribution in [-0.2, 0) is 6.42 Å². The van der Waals surface area contributed by atoms with Crippen LogP contribution in [0.1, 0.15) is 30.9 Å². The summed E-state index contributed by atoms with van der Waals surface area (Å²) in [5, 5.41) is 12.3. The predicted molar refractivity (Wildman–Crippen MR) is 93.5 cm³/mol. The average Bonchev–Trinajstić information content (AvgIpc) is 2.55. The van der Waals surface area contributed by atoms with Crippen molar-refractivity contribution in [2.75, 3.05) is 25.5 Å². The maximum absolute atomic E-state index is 4.51. The second-order valence-corrected chi connectivity index (χ2v) is 6.41. The van der Waals surface area contributed by atoms with E-state index in [1.54, 1.807) is 0 Å². The van der Waals surface area contributed by atoms with E-state index < -0.39 is 0 Å². The summed E-state index contributed by atoms with van der Waals surface area (Å²) in [5.74, 6) is 0.858. The smallest absolute Gasteiger partial charge is 0.149 e. The van der Waals surface area contributed by atoms with Gasteiger partial charge in [0.25, 0.3) is 0 Å². The van der Waals surface area contributed by atoms with Crippen LogP contribution in [-0.4, -0.2) is 46.3 Å². The Labute approximate surface area is 138 Å². The van der Waals surface area contributed by atoms with Crippen molar-refractivity contribution in [1.82, 2.24) is 20.1 Å². The molecule has 3 heterocycles. The van der Waals surface area contributed by atoms with Gasteiger partial charge in [0, 0.05) is 18.8 Å². The van der Waals surface area contributed by atoms with Crippen molar-refractivity contribution in [2.24, 2.45) is 0 Å². The molecule has 122 valence electrons. The zero-order chi connectivity index (χ0) is 16.2. The van der Waals surface area contributed by atoms with Crippen LogP contribution in [0.25, 0.3) is 11.4 Å². The summed E-state index contributed by atoms with van der Waals surface area (Å²) in [6, 6.07) is 6.66. The number of hydrogen-bond donors (Lipinski definition) is 1. The lowest BCUT2D eigenvalue weighted by molar-refractivity contribution is 0.260. The number of piperidine rings is 1. The molecule has 0 radical (unpaired) electrons. The first-order valence-electron chi connectivity index (χ1n) is 8.40. The van der Waals surface area contributed by atoms with Gasteiger partial charge in [-0.25, -0.2) is 0 Å². The fourth-order valence-electron chi connectivity index (χ4n) is 3.08. The molecule has 1 saturated heterocycles. The van der Waals surface area contributed by atoms with Crippen molar-refractivity contribution in [3.8, 4) is 11.4 Å². The molecular weight excluding hydrogens is 286 g/mol. The second kappa shape index (κ2) is 7.04. The zero-order valence-electron chi connectivity index (χ0n) is 14.2. The summed E-state index contributed by atoms with van der Waals surface area (Å²) in [7, 11) is 2.17. The van der Waals surface area contributed by atoms with E-state index in [2.05, 4.69) is 58.4 Å². The van der Waals surface area contributed by atoms with Crippen LogP contribution in [0, 0.1) is 6.92 Å². The first-order valence-corrected chi connectivity index (χ1v) is 8.40. The number of nitrogens with one attached hydrogen (secondary N) is 1.